The van der Waals surface area contributed by atoms with Gasteiger partial charge in [0.1, 0.15) is 36.6 Å². The second-order valence-electron chi connectivity index (χ2n) is 22.1. The molecule has 72 heavy (non-hydrogen) atoms. The number of ether oxygens (including phenoxy) is 2. The minimum atomic E-state index is -1.67. The van der Waals surface area contributed by atoms with E-state index in [2.05, 4.69) is 31.3 Å². The van der Waals surface area contributed by atoms with Crippen molar-refractivity contribution in [2.24, 2.45) is 0 Å². The molecule has 428 valence electrons. The van der Waals surface area contributed by atoms with Crippen molar-refractivity contribution >= 4 is 5.91 Å². The van der Waals surface area contributed by atoms with Crippen LogP contribution in [0.25, 0.3) is 0 Å². The lowest BCUT2D eigenvalue weighted by atomic mass is 9.98. The fourth-order valence-electron chi connectivity index (χ4n) is 10.3. The first-order chi connectivity index (χ1) is 35.2. The van der Waals surface area contributed by atoms with E-state index in [1.165, 1.54) is 225 Å². The van der Waals surface area contributed by atoms with Crippen LogP contribution in [0, 0.1) is 0 Å². The van der Waals surface area contributed by atoms with Gasteiger partial charge < -0.3 is 50.5 Å². The third kappa shape index (κ3) is 38.4. The molecule has 11 heteroatoms. The number of aliphatic hydroxyl groups is 7. The average molecular weight is 1030 g/mol. The van der Waals surface area contributed by atoms with Crippen molar-refractivity contribution in [1.82, 2.24) is 5.32 Å². The normalized spacial score (nSPS) is 20.0. The summed E-state index contributed by atoms with van der Waals surface area (Å²) in [5.41, 5.74) is 0. The van der Waals surface area contributed by atoms with Gasteiger partial charge in [0.2, 0.25) is 5.91 Å². The van der Waals surface area contributed by atoms with Gasteiger partial charge in [-0.25, -0.2) is 0 Å². The molecule has 0 aromatic carbocycles. The van der Waals surface area contributed by atoms with Crippen LogP contribution >= 0.6 is 0 Å². The van der Waals surface area contributed by atoms with E-state index < -0.39 is 74.2 Å². The Labute approximate surface area is 442 Å². The molecule has 0 aromatic heterocycles. The molecule has 0 bridgehead atoms. The molecule has 0 radical (unpaired) electrons. The number of amides is 1. The summed E-state index contributed by atoms with van der Waals surface area (Å²) >= 11 is 0. The van der Waals surface area contributed by atoms with Crippen LogP contribution in [0.15, 0.2) is 12.2 Å². The van der Waals surface area contributed by atoms with E-state index >= 15 is 0 Å². The van der Waals surface area contributed by atoms with Crippen molar-refractivity contribution in [2.45, 2.75) is 358 Å². The van der Waals surface area contributed by atoms with Gasteiger partial charge in [0.05, 0.1) is 25.4 Å². The van der Waals surface area contributed by atoms with Crippen LogP contribution in [0.1, 0.15) is 303 Å². The van der Waals surface area contributed by atoms with Gasteiger partial charge >= 0.3 is 0 Å². The molecule has 0 aromatic rings. The third-order valence-corrected chi connectivity index (χ3v) is 15.3. The number of allylic oxidation sites excluding steroid dienone is 2. The van der Waals surface area contributed by atoms with E-state index in [0.717, 1.165) is 38.5 Å². The number of hydrogen-bond donors (Lipinski definition) is 8. The number of rotatable bonds is 54. The Hall–Kier alpha value is -1.15. The maximum absolute atomic E-state index is 13.2. The molecule has 8 N–H and O–H groups in total. The van der Waals surface area contributed by atoms with Crippen molar-refractivity contribution in [3.05, 3.63) is 12.2 Å². The molecule has 1 heterocycles. The quantitative estimate of drug-likeness (QED) is 0.0215. The zero-order chi connectivity index (χ0) is 52.5. The van der Waals surface area contributed by atoms with Crippen molar-refractivity contribution in [2.75, 3.05) is 13.2 Å². The van der Waals surface area contributed by atoms with Crippen LogP contribution in [0.5, 0.6) is 0 Å². The Morgan fingerprint density at radius 1 is 0.472 bits per heavy atom. The molecule has 1 fully saturated rings. The number of aliphatic hydroxyl groups excluding tert-OH is 7. The molecule has 9 unspecified atom stereocenters. The SMILES string of the molecule is CCCCCCCCCCCCCCCCCCCCCCCC/C=C/CCCC(O)C(O)C(COC1OC(CO)C(O)C(O)C1O)NC(=O)C(O)CCCCCCCCCCCCCCCCCCCC. The highest BCUT2D eigenvalue weighted by atomic mass is 16.7. The number of carbonyl (C=O) groups is 1. The molecule has 9 atom stereocenters. The zero-order valence-electron chi connectivity index (χ0n) is 46.9. The Morgan fingerprint density at radius 3 is 1.19 bits per heavy atom. The van der Waals surface area contributed by atoms with Gasteiger partial charge in [0, 0.05) is 0 Å². The first-order valence-electron chi connectivity index (χ1n) is 31.1. The van der Waals surface area contributed by atoms with E-state index in [-0.39, 0.29) is 12.8 Å². The molecule has 11 nitrogen and oxygen atoms in total. The molecule has 1 rings (SSSR count). The minimum Gasteiger partial charge on any atom is -0.394 e. The van der Waals surface area contributed by atoms with E-state index in [4.69, 9.17) is 9.47 Å². The molecule has 0 saturated carbocycles. The Kier molecular flexibility index (Phi) is 48.4. The topological polar surface area (TPSA) is 189 Å². The maximum Gasteiger partial charge on any atom is 0.249 e. The Morgan fingerprint density at radius 2 is 0.819 bits per heavy atom. The first kappa shape index (κ1) is 68.9. The van der Waals surface area contributed by atoms with E-state index in [1.54, 1.807) is 0 Å². The summed E-state index contributed by atoms with van der Waals surface area (Å²) < 4.78 is 11.2. The predicted octanol–water partition coefficient (Wildman–Crippen LogP) is 13.5. The summed E-state index contributed by atoms with van der Waals surface area (Å²) in [5, 5.41) is 76.2. The van der Waals surface area contributed by atoms with Gasteiger partial charge in [-0.1, -0.05) is 276 Å². The van der Waals surface area contributed by atoms with Gasteiger partial charge in [0.15, 0.2) is 6.29 Å². The third-order valence-electron chi connectivity index (χ3n) is 15.3. The van der Waals surface area contributed by atoms with Crippen LogP contribution in [-0.4, -0.2) is 110 Å². The van der Waals surface area contributed by atoms with E-state index in [0.29, 0.717) is 12.8 Å². The molecule has 1 aliphatic heterocycles. The van der Waals surface area contributed by atoms with Crippen molar-refractivity contribution in [1.29, 1.82) is 0 Å². The summed E-state index contributed by atoms with van der Waals surface area (Å²) in [6.45, 7) is 3.49. The number of carbonyl (C=O) groups excluding carboxylic acids is 1. The lowest BCUT2D eigenvalue weighted by molar-refractivity contribution is -0.303. The Bertz CT molecular complexity index is 1180. The predicted molar refractivity (Wildman–Crippen MR) is 298 cm³/mol. The summed E-state index contributed by atoms with van der Waals surface area (Å²) in [6.07, 6.45) is 48.5. The highest BCUT2D eigenvalue weighted by molar-refractivity contribution is 5.80. The lowest BCUT2D eigenvalue weighted by Crippen LogP contribution is -2.60. The molecule has 1 amide bonds. The summed E-state index contributed by atoms with van der Waals surface area (Å²) in [7, 11) is 0. The van der Waals surface area contributed by atoms with Crippen LogP contribution in [-0.2, 0) is 14.3 Å². The Balaban J connectivity index is 2.27. The van der Waals surface area contributed by atoms with Gasteiger partial charge in [0.25, 0.3) is 0 Å². The number of unbranched alkanes of at least 4 members (excludes halogenated alkanes) is 40. The van der Waals surface area contributed by atoms with Crippen LogP contribution in [0.4, 0.5) is 0 Å². The largest absolute Gasteiger partial charge is 0.394 e. The highest BCUT2D eigenvalue weighted by Gasteiger charge is 2.44. The molecule has 0 spiro atoms. The van der Waals surface area contributed by atoms with E-state index in [9.17, 15) is 40.5 Å². The summed E-state index contributed by atoms with van der Waals surface area (Å²) in [6, 6.07) is -1.18. The number of nitrogens with one attached hydrogen (secondary N) is 1. The van der Waals surface area contributed by atoms with Crippen molar-refractivity contribution < 1.29 is 50.0 Å². The fourth-order valence-corrected chi connectivity index (χ4v) is 10.3. The van der Waals surface area contributed by atoms with Gasteiger partial charge in [-0.3, -0.25) is 4.79 Å². The minimum absolute atomic E-state index is 0.259. The van der Waals surface area contributed by atoms with Crippen LogP contribution in [0.3, 0.4) is 0 Å². The molecular formula is C61H119NO10. The molecule has 1 saturated heterocycles. The van der Waals surface area contributed by atoms with Gasteiger partial charge in [-0.05, 0) is 38.5 Å². The van der Waals surface area contributed by atoms with E-state index in [1.807, 2.05) is 0 Å². The lowest BCUT2D eigenvalue weighted by Gasteiger charge is -2.40. The zero-order valence-corrected chi connectivity index (χ0v) is 46.9. The van der Waals surface area contributed by atoms with Crippen molar-refractivity contribution in [3.8, 4) is 0 Å². The molecule has 1 aliphatic rings. The second kappa shape index (κ2) is 50.7. The standard InChI is InChI=1S/C61H119NO10/c1-3-5-7-9-11-13-15-17-19-21-23-24-25-26-27-28-29-30-31-33-34-36-38-40-42-44-46-48-53(64)56(66)52(51-71-61-59(69)58(68)57(67)55(50-63)72-61)62-60(70)54(65)49-47-45-43-41-39-37-35-32-22-20-18-16-14-12-10-8-6-4-2/h40,42,52-59,61,63-69H,3-39,41,43-51H2,1-2H3,(H,62,70)/b42-40+. The molecular weight excluding hydrogens is 907 g/mol. The average Bonchev–Trinajstić information content (AvgIpc) is 3.38. The monoisotopic (exact) mass is 1030 g/mol. The van der Waals surface area contributed by atoms with Crippen LogP contribution < -0.4 is 5.32 Å². The second-order valence-corrected chi connectivity index (χ2v) is 22.1. The number of hydrogen-bond acceptors (Lipinski definition) is 10. The highest BCUT2D eigenvalue weighted by Crippen LogP contribution is 2.24. The maximum atomic E-state index is 13.2. The molecule has 0 aliphatic carbocycles. The smallest absolute Gasteiger partial charge is 0.249 e. The van der Waals surface area contributed by atoms with Gasteiger partial charge in [-0.2, -0.15) is 0 Å². The fraction of sp³-hybridized carbons (Fsp3) is 0.951. The first-order valence-corrected chi connectivity index (χ1v) is 31.1. The van der Waals surface area contributed by atoms with Gasteiger partial charge in [-0.15, -0.1) is 0 Å². The summed E-state index contributed by atoms with van der Waals surface area (Å²) in [4.78, 5) is 13.2. The van der Waals surface area contributed by atoms with Crippen molar-refractivity contribution in [3.63, 3.8) is 0 Å². The van der Waals surface area contributed by atoms with Crippen LogP contribution in [0.2, 0.25) is 0 Å². The summed E-state index contributed by atoms with van der Waals surface area (Å²) in [5.74, 6) is -0.700.